The summed E-state index contributed by atoms with van der Waals surface area (Å²) in [6, 6.07) is 0. The molecule has 0 aliphatic rings. The number of aliphatic hydroxyl groups excluding tert-OH is 1. The maximum Gasteiger partial charge on any atom is 0.306 e. The summed E-state index contributed by atoms with van der Waals surface area (Å²) in [4.78, 5) is 24.5. The van der Waals surface area contributed by atoms with Crippen molar-refractivity contribution in [2.24, 2.45) is 0 Å². The van der Waals surface area contributed by atoms with Crippen LogP contribution in [-0.4, -0.2) is 36.4 Å². The van der Waals surface area contributed by atoms with Gasteiger partial charge in [-0.3, -0.25) is 9.59 Å². The average Bonchev–Trinajstić information content (AvgIpc) is 3.33. The Morgan fingerprint density at radius 2 is 0.597 bits per heavy atom. The summed E-state index contributed by atoms with van der Waals surface area (Å²) in [6.45, 7) is 4.15. The van der Waals surface area contributed by atoms with E-state index in [1.807, 2.05) is 0 Å². The first-order chi connectivity index (χ1) is 33.1. The molecule has 0 bridgehead atoms. The minimum absolute atomic E-state index is 0.0664. The monoisotopic (exact) mass is 939 g/mol. The first kappa shape index (κ1) is 64.9. The molecular weight excluding hydrogens is 825 g/mol. The lowest BCUT2D eigenvalue weighted by atomic mass is 10.0. The van der Waals surface area contributed by atoms with E-state index in [4.69, 9.17) is 9.47 Å². The number of allylic oxidation sites excluding steroid dienone is 8. The van der Waals surface area contributed by atoms with Crippen molar-refractivity contribution >= 4 is 11.9 Å². The fourth-order valence-electron chi connectivity index (χ4n) is 8.85. The second kappa shape index (κ2) is 58.2. The van der Waals surface area contributed by atoms with Crippen LogP contribution in [0.5, 0.6) is 0 Å². The van der Waals surface area contributed by atoms with Gasteiger partial charge in [-0.25, -0.2) is 0 Å². The fraction of sp³-hybridized carbons (Fsp3) is 0.839. The van der Waals surface area contributed by atoms with E-state index in [0.29, 0.717) is 12.8 Å². The van der Waals surface area contributed by atoms with Crippen molar-refractivity contribution in [3.63, 3.8) is 0 Å². The standard InChI is InChI=1S/C62H114O5/c1-3-5-7-9-11-13-15-17-19-21-22-23-24-25-26-27-28-29-30-31-32-33-34-35-36-37-38-39-40-41-43-45-47-49-51-53-55-57-62(65)67-60(58-63)59-66-61(64)56-54-52-50-48-46-44-42-20-18-16-14-12-10-8-6-4-2/h15,17,20-22,24-25,42,60,63H,3-14,16,18-19,23,26-41,43-59H2,1-2H3/b17-15-,22-21-,25-24-,42-20-. The van der Waals surface area contributed by atoms with Crippen molar-refractivity contribution in [2.75, 3.05) is 13.2 Å². The molecule has 0 saturated carbocycles. The van der Waals surface area contributed by atoms with Crippen molar-refractivity contribution < 1.29 is 24.2 Å². The molecule has 0 fully saturated rings. The van der Waals surface area contributed by atoms with Crippen LogP contribution in [0.2, 0.25) is 0 Å². The Labute approximate surface area is 418 Å². The summed E-state index contributed by atoms with van der Waals surface area (Å²) in [7, 11) is 0. The van der Waals surface area contributed by atoms with E-state index < -0.39 is 6.10 Å². The van der Waals surface area contributed by atoms with Crippen LogP contribution in [0, 0.1) is 0 Å². The minimum atomic E-state index is -0.773. The highest BCUT2D eigenvalue weighted by Gasteiger charge is 2.16. The van der Waals surface area contributed by atoms with Gasteiger partial charge in [0.15, 0.2) is 6.10 Å². The molecule has 0 spiro atoms. The van der Waals surface area contributed by atoms with Gasteiger partial charge in [0.05, 0.1) is 6.61 Å². The van der Waals surface area contributed by atoms with Gasteiger partial charge >= 0.3 is 11.9 Å². The highest BCUT2D eigenvalue weighted by molar-refractivity contribution is 5.70. The smallest absolute Gasteiger partial charge is 0.306 e. The minimum Gasteiger partial charge on any atom is -0.462 e. The topological polar surface area (TPSA) is 72.8 Å². The van der Waals surface area contributed by atoms with E-state index in [2.05, 4.69) is 62.5 Å². The van der Waals surface area contributed by atoms with Gasteiger partial charge in [0.1, 0.15) is 6.61 Å². The highest BCUT2D eigenvalue weighted by atomic mass is 16.6. The molecule has 0 aromatic rings. The van der Waals surface area contributed by atoms with E-state index in [-0.39, 0.29) is 25.2 Å². The second-order valence-electron chi connectivity index (χ2n) is 20.1. The van der Waals surface area contributed by atoms with Gasteiger partial charge in [-0.2, -0.15) is 0 Å². The normalized spacial score (nSPS) is 12.5. The molecule has 0 heterocycles. The third-order valence-corrected chi connectivity index (χ3v) is 13.3. The number of hydrogen-bond donors (Lipinski definition) is 1. The number of rotatable bonds is 55. The van der Waals surface area contributed by atoms with Crippen molar-refractivity contribution in [2.45, 2.75) is 322 Å². The van der Waals surface area contributed by atoms with Gasteiger partial charge in [0, 0.05) is 12.8 Å². The predicted octanol–water partition coefficient (Wildman–Crippen LogP) is 20.0. The number of unbranched alkanes of at least 4 members (excludes halogenated alkanes) is 39. The van der Waals surface area contributed by atoms with Gasteiger partial charge in [-0.1, -0.05) is 274 Å². The molecule has 5 nitrogen and oxygen atoms in total. The predicted molar refractivity (Wildman–Crippen MR) is 293 cm³/mol. The Hall–Kier alpha value is -2.14. The van der Waals surface area contributed by atoms with Crippen molar-refractivity contribution in [3.8, 4) is 0 Å². The van der Waals surface area contributed by atoms with Crippen LogP contribution in [0.3, 0.4) is 0 Å². The summed E-state index contributed by atoms with van der Waals surface area (Å²) in [5.74, 6) is -0.586. The molecule has 0 amide bonds. The zero-order valence-electron chi connectivity index (χ0n) is 44.9. The molecule has 0 radical (unpaired) electrons. The zero-order valence-corrected chi connectivity index (χ0v) is 44.9. The molecule has 1 N–H and O–H groups in total. The van der Waals surface area contributed by atoms with Gasteiger partial charge in [0.2, 0.25) is 0 Å². The van der Waals surface area contributed by atoms with Crippen LogP contribution in [0.15, 0.2) is 48.6 Å². The lowest BCUT2D eigenvalue weighted by molar-refractivity contribution is -0.161. The molecule has 5 heteroatoms. The molecule has 67 heavy (non-hydrogen) atoms. The molecule has 392 valence electrons. The van der Waals surface area contributed by atoms with Crippen molar-refractivity contribution in [3.05, 3.63) is 48.6 Å². The third kappa shape index (κ3) is 56.3. The average molecular weight is 940 g/mol. The number of hydrogen-bond acceptors (Lipinski definition) is 5. The van der Waals surface area contributed by atoms with Crippen molar-refractivity contribution in [1.82, 2.24) is 0 Å². The summed E-state index contributed by atoms with van der Waals surface area (Å²) in [6.07, 6.45) is 76.8. The Morgan fingerprint density at radius 1 is 0.343 bits per heavy atom. The molecule has 0 aromatic carbocycles. The molecule has 0 saturated heterocycles. The maximum absolute atomic E-state index is 12.3. The van der Waals surface area contributed by atoms with Crippen LogP contribution in [-0.2, 0) is 19.1 Å². The summed E-state index contributed by atoms with van der Waals surface area (Å²) >= 11 is 0. The van der Waals surface area contributed by atoms with Gasteiger partial charge in [-0.15, -0.1) is 0 Å². The van der Waals surface area contributed by atoms with Crippen LogP contribution >= 0.6 is 0 Å². The van der Waals surface area contributed by atoms with Crippen LogP contribution in [0.25, 0.3) is 0 Å². The molecule has 0 rings (SSSR count). The lowest BCUT2D eigenvalue weighted by Crippen LogP contribution is -2.28. The van der Waals surface area contributed by atoms with Crippen LogP contribution < -0.4 is 0 Å². The molecule has 0 aliphatic heterocycles. The first-order valence-electron chi connectivity index (χ1n) is 29.7. The Kier molecular flexibility index (Phi) is 56.3. The van der Waals surface area contributed by atoms with E-state index in [0.717, 1.165) is 57.8 Å². The van der Waals surface area contributed by atoms with Gasteiger partial charge < -0.3 is 14.6 Å². The van der Waals surface area contributed by atoms with Crippen LogP contribution in [0.1, 0.15) is 316 Å². The molecule has 1 unspecified atom stereocenters. The third-order valence-electron chi connectivity index (χ3n) is 13.3. The quantitative estimate of drug-likeness (QED) is 0.0374. The fourth-order valence-corrected chi connectivity index (χ4v) is 8.85. The zero-order chi connectivity index (χ0) is 48.5. The summed E-state index contributed by atoms with van der Waals surface area (Å²) in [5, 5.41) is 9.64. The van der Waals surface area contributed by atoms with Gasteiger partial charge in [-0.05, 0) is 77.0 Å². The van der Waals surface area contributed by atoms with Crippen LogP contribution in [0.4, 0.5) is 0 Å². The second-order valence-corrected chi connectivity index (χ2v) is 20.1. The molecule has 0 aromatic heterocycles. The van der Waals surface area contributed by atoms with Gasteiger partial charge in [0.25, 0.3) is 0 Å². The number of aliphatic hydroxyl groups is 1. The summed E-state index contributed by atoms with van der Waals surface area (Å²) in [5.41, 5.74) is 0. The molecule has 0 aliphatic carbocycles. The Balaban J connectivity index is 3.41. The maximum atomic E-state index is 12.3. The number of carbonyl (C=O) groups is 2. The van der Waals surface area contributed by atoms with E-state index in [1.54, 1.807) is 0 Å². The largest absolute Gasteiger partial charge is 0.462 e. The molecular formula is C62H114O5. The van der Waals surface area contributed by atoms with E-state index >= 15 is 0 Å². The Bertz CT molecular complexity index is 1110. The number of carbonyl (C=O) groups excluding carboxylic acids is 2. The van der Waals surface area contributed by atoms with E-state index in [9.17, 15) is 14.7 Å². The van der Waals surface area contributed by atoms with E-state index in [1.165, 1.54) is 231 Å². The first-order valence-corrected chi connectivity index (χ1v) is 29.7. The summed E-state index contributed by atoms with van der Waals surface area (Å²) < 4.78 is 10.7. The Morgan fingerprint density at radius 3 is 0.910 bits per heavy atom. The lowest BCUT2D eigenvalue weighted by Gasteiger charge is -2.15. The number of esters is 2. The molecule has 1 atom stereocenters. The van der Waals surface area contributed by atoms with Crippen molar-refractivity contribution in [1.29, 1.82) is 0 Å². The SMILES string of the molecule is CCCCCCC/C=C\C/C=C\C/C=C\CCCCCCCCCCCCCCCCCCCCCCCCC(=O)OC(CO)COC(=O)CCCCCCC/C=C\CCCCCCCCC. The highest BCUT2D eigenvalue weighted by Crippen LogP contribution is 2.17. The number of ether oxygens (including phenoxy) is 2.